The standard InChI is InChI=1S/C33H36N6O2S/c1-32(2,3)42(40)37-30-25-12-8-7-11-24(25)21-33(30)16-18-38(19-17-33)27-22-34-29-26(14-13-23-9-5-4-6-10-23)36-39(31(29)35-27)28-15-20-41-28/h4-12,22,28,30,37H,15-21H2,1-3H3/t28-,30-,42-/m1/s1. The normalized spacial score (nSPS) is 22.0. The molecule has 0 bridgehead atoms. The monoisotopic (exact) mass is 580 g/mol. The number of nitrogens with zero attached hydrogens (tertiary/aromatic N) is 5. The lowest BCUT2D eigenvalue weighted by Gasteiger charge is -2.44. The number of hydrogen-bond acceptors (Lipinski definition) is 7. The van der Waals surface area contributed by atoms with E-state index in [2.05, 4.69) is 45.7 Å². The Bertz CT molecular complexity index is 1660. The van der Waals surface area contributed by atoms with E-state index in [1.54, 1.807) is 0 Å². The van der Waals surface area contributed by atoms with Gasteiger partial charge in [-0.05, 0) is 69.2 Å². The van der Waals surface area contributed by atoms with Gasteiger partial charge in [0.2, 0.25) is 0 Å². The van der Waals surface area contributed by atoms with E-state index in [0.717, 1.165) is 56.8 Å². The summed E-state index contributed by atoms with van der Waals surface area (Å²) in [5.41, 5.74) is 5.63. The maximum Gasteiger partial charge on any atom is 0.182 e. The van der Waals surface area contributed by atoms with Crippen LogP contribution in [0, 0.1) is 17.3 Å². The van der Waals surface area contributed by atoms with Crippen LogP contribution in [-0.4, -0.2) is 48.7 Å². The number of rotatable bonds is 4. The summed E-state index contributed by atoms with van der Waals surface area (Å²) >= 11 is -1.16. The summed E-state index contributed by atoms with van der Waals surface area (Å²) in [6, 6.07) is 18.6. The Morgan fingerprint density at radius 3 is 2.50 bits per heavy atom. The van der Waals surface area contributed by atoms with Crippen molar-refractivity contribution in [3.63, 3.8) is 0 Å². The highest BCUT2D eigenvalue weighted by Gasteiger charge is 2.50. The van der Waals surface area contributed by atoms with Gasteiger partial charge >= 0.3 is 0 Å². The van der Waals surface area contributed by atoms with E-state index >= 15 is 0 Å². The van der Waals surface area contributed by atoms with E-state index < -0.39 is 11.4 Å². The Kier molecular flexibility index (Phi) is 6.98. The summed E-state index contributed by atoms with van der Waals surface area (Å²) < 4.78 is 24.1. The Morgan fingerprint density at radius 2 is 1.79 bits per heavy atom. The Balaban J connectivity index is 1.16. The number of piperidine rings is 1. The van der Waals surface area contributed by atoms with Gasteiger partial charge in [-0.1, -0.05) is 48.4 Å². The third kappa shape index (κ3) is 4.96. The van der Waals surface area contributed by atoms with Crippen molar-refractivity contribution in [3.8, 4) is 11.8 Å². The van der Waals surface area contributed by atoms with Gasteiger partial charge < -0.3 is 14.2 Å². The van der Waals surface area contributed by atoms with Crippen LogP contribution in [0.3, 0.4) is 0 Å². The zero-order valence-electron chi connectivity index (χ0n) is 24.3. The first-order valence-electron chi connectivity index (χ1n) is 14.8. The van der Waals surface area contributed by atoms with Gasteiger partial charge in [-0.15, -0.1) is 4.72 Å². The van der Waals surface area contributed by atoms with Crippen LogP contribution < -0.4 is 9.62 Å². The van der Waals surface area contributed by atoms with Gasteiger partial charge in [0.15, 0.2) is 17.6 Å². The minimum atomic E-state index is -1.16. The van der Waals surface area contributed by atoms with Crippen LogP contribution in [0.15, 0.2) is 60.8 Å². The molecule has 2 fully saturated rings. The van der Waals surface area contributed by atoms with Crippen LogP contribution in [0.4, 0.5) is 5.82 Å². The van der Waals surface area contributed by atoms with Crippen molar-refractivity contribution in [2.75, 3.05) is 24.6 Å². The first-order valence-corrected chi connectivity index (χ1v) is 15.9. The van der Waals surface area contributed by atoms with Crippen LogP contribution in [0.5, 0.6) is 0 Å². The number of hydrogen-bond donors (Lipinski definition) is 1. The molecule has 0 radical (unpaired) electrons. The lowest BCUT2D eigenvalue weighted by Crippen LogP contribution is -2.49. The quantitative estimate of drug-likeness (QED) is 0.266. The van der Waals surface area contributed by atoms with Gasteiger partial charge in [0, 0.05) is 41.9 Å². The van der Waals surface area contributed by atoms with Crippen molar-refractivity contribution < 1.29 is 9.29 Å². The lowest BCUT2D eigenvalue weighted by atomic mass is 9.73. The van der Waals surface area contributed by atoms with E-state index in [4.69, 9.17) is 19.8 Å². The predicted octanol–water partition coefficient (Wildman–Crippen LogP) is 5.08. The molecule has 2 aromatic carbocycles. The molecule has 4 heterocycles. The molecule has 1 spiro atoms. The second kappa shape index (κ2) is 10.7. The van der Waals surface area contributed by atoms with Gasteiger partial charge in [0.1, 0.15) is 16.1 Å². The Labute approximate surface area is 250 Å². The Hall–Kier alpha value is -3.42. The molecule has 216 valence electrons. The second-order valence-corrected chi connectivity index (χ2v) is 14.6. The van der Waals surface area contributed by atoms with Crippen molar-refractivity contribution in [3.05, 3.63) is 83.2 Å². The van der Waals surface area contributed by atoms with Gasteiger partial charge in [0.05, 0.1) is 18.8 Å². The molecule has 2 saturated heterocycles. The summed E-state index contributed by atoms with van der Waals surface area (Å²) in [6.45, 7) is 8.50. The van der Waals surface area contributed by atoms with Crippen LogP contribution in [-0.2, 0) is 22.5 Å². The van der Waals surface area contributed by atoms with Crippen molar-refractivity contribution in [1.82, 2.24) is 24.5 Å². The fourth-order valence-electron chi connectivity index (χ4n) is 6.31. The summed E-state index contributed by atoms with van der Waals surface area (Å²) in [5, 5.41) is 4.79. The minimum Gasteiger partial charge on any atom is -0.598 e. The van der Waals surface area contributed by atoms with E-state index in [1.165, 1.54) is 11.1 Å². The number of benzene rings is 2. The topological polar surface area (TPSA) is 91.2 Å². The zero-order chi connectivity index (χ0) is 28.9. The molecule has 1 N–H and O–H groups in total. The highest BCUT2D eigenvalue weighted by atomic mass is 32.2. The summed E-state index contributed by atoms with van der Waals surface area (Å²) in [6.07, 6.45) is 5.55. The molecule has 7 rings (SSSR count). The van der Waals surface area contributed by atoms with Gasteiger partial charge in [-0.3, -0.25) is 0 Å². The molecule has 3 atom stereocenters. The fraction of sp³-hybridized carbons (Fsp3) is 0.424. The highest BCUT2D eigenvalue weighted by Crippen LogP contribution is 2.52. The Morgan fingerprint density at radius 1 is 1.05 bits per heavy atom. The van der Waals surface area contributed by atoms with Crippen LogP contribution in [0.2, 0.25) is 0 Å². The zero-order valence-corrected chi connectivity index (χ0v) is 25.2. The summed E-state index contributed by atoms with van der Waals surface area (Å²) in [4.78, 5) is 12.2. The minimum absolute atomic E-state index is 0.0143. The smallest absolute Gasteiger partial charge is 0.182 e. The number of ether oxygens (including phenoxy) is 1. The van der Waals surface area contributed by atoms with Gasteiger partial charge in [-0.2, -0.15) is 5.10 Å². The molecule has 0 unspecified atom stereocenters. The lowest BCUT2D eigenvalue weighted by molar-refractivity contribution is -0.104. The first-order chi connectivity index (χ1) is 20.3. The van der Waals surface area contributed by atoms with Gasteiger partial charge in [-0.25, -0.2) is 14.6 Å². The molecule has 0 amide bonds. The van der Waals surface area contributed by atoms with E-state index in [9.17, 15) is 4.55 Å². The average molecular weight is 581 g/mol. The molecular weight excluding hydrogens is 544 g/mol. The molecule has 8 nitrogen and oxygen atoms in total. The summed E-state index contributed by atoms with van der Waals surface area (Å²) in [7, 11) is 0. The molecular formula is C33H36N6O2S. The highest BCUT2D eigenvalue weighted by molar-refractivity contribution is 7.90. The molecule has 1 aliphatic carbocycles. The molecule has 2 aromatic heterocycles. The third-order valence-corrected chi connectivity index (χ3v) is 10.4. The molecule has 3 aliphatic rings. The van der Waals surface area contributed by atoms with Crippen LogP contribution >= 0.6 is 0 Å². The van der Waals surface area contributed by atoms with E-state index in [0.29, 0.717) is 16.9 Å². The number of nitrogens with one attached hydrogen (secondary N) is 1. The van der Waals surface area contributed by atoms with Crippen molar-refractivity contribution in [2.45, 2.75) is 63.5 Å². The number of fused-ring (bicyclic) bond motifs is 2. The molecule has 4 aromatic rings. The van der Waals surface area contributed by atoms with E-state index in [-0.39, 0.29) is 22.4 Å². The maximum absolute atomic E-state index is 13.3. The first kappa shape index (κ1) is 27.4. The third-order valence-electron chi connectivity index (χ3n) is 8.82. The second-order valence-electron chi connectivity index (χ2n) is 12.6. The fourth-order valence-corrected chi connectivity index (χ4v) is 7.26. The maximum atomic E-state index is 13.3. The van der Waals surface area contributed by atoms with Crippen molar-refractivity contribution in [2.24, 2.45) is 5.41 Å². The van der Waals surface area contributed by atoms with Crippen LogP contribution in [0.1, 0.15) is 74.7 Å². The SMILES string of the molecule is CC(C)(C)[S@@+]([O-])N[C@@H]1c2ccccc2CC12CCN(c1cnc3c(C#Cc4ccccc4)nn([C@H]4CCO4)c3n1)CC2. The largest absolute Gasteiger partial charge is 0.598 e. The molecule has 9 heteroatoms. The van der Waals surface area contributed by atoms with Crippen molar-refractivity contribution in [1.29, 1.82) is 0 Å². The summed E-state index contributed by atoms with van der Waals surface area (Å²) in [5.74, 6) is 7.27. The molecule has 42 heavy (non-hydrogen) atoms. The predicted molar refractivity (Wildman–Crippen MR) is 165 cm³/mol. The number of aromatic nitrogens is 4. The number of anilines is 1. The van der Waals surface area contributed by atoms with Crippen molar-refractivity contribution >= 4 is 28.3 Å². The average Bonchev–Trinajstić information content (AvgIpc) is 3.46. The van der Waals surface area contributed by atoms with Gasteiger partial charge in [0.25, 0.3) is 0 Å². The van der Waals surface area contributed by atoms with E-state index in [1.807, 2.05) is 62.0 Å². The molecule has 2 aliphatic heterocycles. The van der Waals surface area contributed by atoms with Crippen LogP contribution in [0.25, 0.3) is 11.2 Å². The molecule has 0 saturated carbocycles.